The molecular weight excluding hydrogens is 206 g/mol. The molecule has 1 saturated heterocycles. The fraction of sp³-hybridized carbons (Fsp3) is 0.818. The quantitative estimate of drug-likeness (QED) is 0.847. The van der Waals surface area contributed by atoms with E-state index in [2.05, 4.69) is 10.1 Å². The summed E-state index contributed by atoms with van der Waals surface area (Å²) in [6.07, 6.45) is 2.72. The van der Waals surface area contributed by atoms with E-state index in [1.807, 2.05) is 20.8 Å². The van der Waals surface area contributed by atoms with Crippen molar-refractivity contribution in [2.45, 2.75) is 51.2 Å². The van der Waals surface area contributed by atoms with Crippen LogP contribution in [0.2, 0.25) is 0 Å². The van der Waals surface area contributed by atoms with Gasteiger partial charge in [-0.25, -0.2) is 0 Å². The first-order chi connectivity index (χ1) is 7.48. The van der Waals surface area contributed by atoms with E-state index in [0.717, 1.165) is 25.9 Å². The average molecular weight is 225 g/mol. The van der Waals surface area contributed by atoms with Crippen molar-refractivity contribution >= 4 is 0 Å². The minimum atomic E-state index is -0.531. The van der Waals surface area contributed by atoms with Gasteiger partial charge in [-0.1, -0.05) is 12.1 Å². The van der Waals surface area contributed by atoms with Gasteiger partial charge in [0.2, 0.25) is 0 Å². The number of nitrogens with two attached hydrogens (primary N) is 1. The van der Waals surface area contributed by atoms with Crippen LogP contribution in [0.25, 0.3) is 0 Å². The van der Waals surface area contributed by atoms with Gasteiger partial charge in [0.25, 0.3) is 5.89 Å². The number of nitrogens with zero attached hydrogens (tertiary/aromatic N) is 2. The zero-order valence-corrected chi connectivity index (χ0v) is 10.1. The van der Waals surface area contributed by atoms with Gasteiger partial charge in [-0.3, -0.25) is 0 Å². The monoisotopic (exact) mass is 225 g/mol. The molecule has 2 heterocycles. The highest BCUT2D eigenvalue weighted by Crippen LogP contribution is 2.35. The molecule has 0 bridgehead atoms. The summed E-state index contributed by atoms with van der Waals surface area (Å²) in [7, 11) is 0. The predicted molar refractivity (Wildman–Crippen MR) is 58.7 cm³/mol. The van der Waals surface area contributed by atoms with Crippen LogP contribution in [-0.2, 0) is 15.9 Å². The maximum atomic E-state index is 6.07. The Morgan fingerprint density at radius 2 is 2.31 bits per heavy atom. The summed E-state index contributed by atoms with van der Waals surface area (Å²) in [6, 6.07) is 0. The highest BCUT2D eigenvalue weighted by molar-refractivity contribution is 5.06. The molecule has 2 N–H and O–H groups in total. The smallest absolute Gasteiger partial charge is 0.258 e. The molecule has 5 heteroatoms. The first kappa shape index (κ1) is 11.5. The maximum Gasteiger partial charge on any atom is 0.258 e. The van der Waals surface area contributed by atoms with Gasteiger partial charge in [0.05, 0.1) is 5.54 Å². The van der Waals surface area contributed by atoms with Gasteiger partial charge < -0.3 is 15.0 Å². The van der Waals surface area contributed by atoms with Crippen molar-refractivity contribution in [3.05, 3.63) is 11.7 Å². The Hall–Kier alpha value is -0.940. The molecule has 1 aromatic rings. The van der Waals surface area contributed by atoms with E-state index < -0.39 is 11.1 Å². The molecule has 0 radical (unpaired) electrons. The lowest BCUT2D eigenvalue weighted by Crippen LogP contribution is -2.33. The van der Waals surface area contributed by atoms with Crippen LogP contribution in [0.1, 0.15) is 51.7 Å². The predicted octanol–water partition coefficient (Wildman–Crippen LogP) is 1.68. The van der Waals surface area contributed by atoms with E-state index in [1.165, 1.54) is 0 Å². The zero-order valence-electron chi connectivity index (χ0n) is 10.1. The van der Waals surface area contributed by atoms with Gasteiger partial charge in [0.15, 0.2) is 5.82 Å². The minimum absolute atomic E-state index is 0.422. The van der Waals surface area contributed by atoms with Crippen LogP contribution in [0.15, 0.2) is 4.52 Å². The Labute approximate surface area is 95.3 Å². The molecule has 1 aliphatic heterocycles. The molecule has 0 spiro atoms. The molecule has 1 aromatic heterocycles. The zero-order chi connectivity index (χ0) is 11.8. The molecule has 90 valence electrons. The van der Waals surface area contributed by atoms with Crippen LogP contribution in [0.4, 0.5) is 0 Å². The number of hydrogen-bond donors (Lipinski definition) is 1. The minimum Gasteiger partial charge on any atom is -0.365 e. The number of hydrogen-bond acceptors (Lipinski definition) is 5. The molecule has 2 atom stereocenters. The lowest BCUT2D eigenvalue weighted by Gasteiger charge is -2.18. The topological polar surface area (TPSA) is 74.2 Å². The molecule has 0 saturated carbocycles. The van der Waals surface area contributed by atoms with Crippen LogP contribution < -0.4 is 5.73 Å². The third-order valence-corrected chi connectivity index (χ3v) is 3.34. The Balaban J connectivity index is 2.26. The third-order valence-electron chi connectivity index (χ3n) is 3.34. The van der Waals surface area contributed by atoms with Gasteiger partial charge in [-0.15, -0.1) is 0 Å². The molecule has 5 nitrogen and oxygen atoms in total. The molecular formula is C11H19N3O2. The van der Waals surface area contributed by atoms with Gasteiger partial charge in [0.1, 0.15) is 5.60 Å². The van der Waals surface area contributed by atoms with Crippen molar-refractivity contribution < 1.29 is 9.26 Å². The van der Waals surface area contributed by atoms with Crippen molar-refractivity contribution in [3.63, 3.8) is 0 Å². The maximum absolute atomic E-state index is 6.07. The normalized spacial score (nSPS) is 29.2. The number of ether oxygens (including phenoxy) is 1. The molecule has 0 amide bonds. The summed E-state index contributed by atoms with van der Waals surface area (Å²) < 4.78 is 10.9. The van der Waals surface area contributed by atoms with E-state index in [9.17, 15) is 0 Å². The highest BCUT2D eigenvalue weighted by Gasteiger charge is 2.39. The van der Waals surface area contributed by atoms with Crippen molar-refractivity contribution in [3.8, 4) is 0 Å². The second-order valence-electron chi connectivity index (χ2n) is 4.88. The number of rotatable bonds is 3. The summed E-state index contributed by atoms with van der Waals surface area (Å²) in [4.78, 5) is 4.38. The first-order valence-corrected chi connectivity index (χ1v) is 5.75. The van der Waals surface area contributed by atoms with Crippen LogP contribution in [0, 0.1) is 0 Å². The Bertz CT molecular complexity index is 367. The summed E-state index contributed by atoms with van der Waals surface area (Å²) in [5.74, 6) is 1.10. The van der Waals surface area contributed by atoms with E-state index in [-0.39, 0.29) is 0 Å². The molecule has 2 rings (SSSR count). The Kier molecular flexibility index (Phi) is 2.75. The summed E-state index contributed by atoms with van der Waals surface area (Å²) in [6.45, 7) is 6.64. The second kappa shape index (κ2) is 3.82. The van der Waals surface area contributed by atoms with Crippen molar-refractivity contribution in [1.29, 1.82) is 0 Å². The fourth-order valence-electron chi connectivity index (χ4n) is 1.78. The van der Waals surface area contributed by atoms with Gasteiger partial charge >= 0.3 is 0 Å². The molecule has 2 unspecified atom stereocenters. The highest BCUT2D eigenvalue weighted by atomic mass is 16.5. The Morgan fingerprint density at radius 3 is 2.88 bits per heavy atom. The van der Waals surface area contributed by atoms with Crippen molar-refractivity contribution in [2.24, 2.45) is 5.73 Å². The lowest BCUT2D eigenvalue weighted by atomic mass is 9.99. The van der Waals surface area contributed by atoms with Crippen LogP contribution >= 0.6 is 0 Å². The second-order valence-corrected chi connectivity index (χ2v) is 4.88. The van der Waals surface area contributed by atoms with Crippen LogP contribution in [-0.4, -0.2) is 16.7 Å². The van der Waals surface area contributed by atoms with Gasteiger partial charge in [0, 0.05) is 6.61 Å². The standard InChI is InChI=1S/C11H19N3O2/c1-4-10(2,12)8-13-9(16-14-8)11(3)6-5-7-15-11/h4-7,12H2,1-3H3. The SMILES string of the molecule is CCC(C)(N)c1noc(C2(C)CCCO2)n1. The van der Waals surface area contributed by atoms with E-state index >= 15 is 0 Å². The largest absolute Gasteiger partial charge is 0.365 e. The molecule has 0 aliphatic carbocycles. The van der Waals surface area contributed by atoms with E-state index in [4.69, 9.17) is 15.0 Å². The number of aromatic nitrogens is 2. The van der Waals surface area contributed by atoms with E-state index in [1.54, 1.807) is 0 Å². The lowest BCUT2D eigenvalue weighted by molar-refractivity contribution is -0.00937. The summed E-state index contributed by atoms with van der Waals surface area (Å²) in [5.41, 5.74) is 5.11. The van der Waals surface area contributed by atoms with Gasteiger partial charge in [-0.2, -0.15) is 4.98 Å². The van der Waals surface area contributed by atoms with Crippen LogP contribution in [0.3, 0.4) is 0 Å². The molecule has 1 fully saturated rings. The molecule has 1 aliphatic rings. The third kappa shape index (κ3) is 1.85. The van der Waals surface area contributed by atoms with Crippen molar-refractivity contribution in [1.82, 2.24) is 10.1 Å². The van der Waals surface area contributed by atoms with E-state index in [0.29, 0.717) is 11.7 Å². The average Bonchev–Trinajstić information content (AvgIpc) is 2.86. The summed E-state index contributed by atoms with van der Waals surface area (Å²) >= 11 is 0. The molecule has 16 heavy (non-hydrogen) atoms. The van der Waals surface area contributed by atoms with Crippen LogP contribution in [0.5, 0.6) is 0 Å². The van der Waals surface area contributed by atoms with Crippen molar-refractivity contribution in [2.75, 3.05) is 6.61 Å². The first-order valence-electron chi connectivity index (χ1n) is 5.75. The Morgan fingerprint density at radius 1 is 1.56 bits per heavy atom. The van der Waals surface area contributed by atoms with Gasteiger partial charge in [-0.05, 0) is 33.1 Å². The summed E-state index contributed by atoms with van der Waals surface area (Å²) in [5, 5.41) is 3.96. The molecule has 0 aromatic carbocycles. The fourth-order valence-corrected chi connectivity index (χ4v) is 1.78.